The number of hydrogen-bond donors (Lipinski definition) is 6. The van der Waals surface area contributed by atoms with Crippen LogP contribution in [0.15, 0.2) is 36.4 Å². The quantitative estimate of drug-likeness (QED) is 0.113. The predicted molar refractivity (Wildman–Crippen MR) is 165 cm³/mol. The number of likely N-dealkylation sites (tertiary alicyclic amines) is 1. The van der Waals surface area contributed by atoms with E-state index in [9.17, 15) is 71.0 Å². The second-order valence-electron chi connectivity index (χ2n) is 12.9. The number of aliphatic hydroxyl groups is 6. The highest BCUT2D eigenvalue weighted by Gasteiger charge is 2.74. The van der Waals surface area contributed by atoms with Gasteiger partial charge in [0.25, 0.3) is 5.79 Å². The van der Waals surface area contributed by atoms with Crippen molar-refractivity contribution in [3.05, 3.63) is 70.0 Å². The molecule has 0 bridgehead atoms. The molecule has 6 N–H and O–H groups in total. The minimum atomic E-state index is -5.26. The number of unbranched alkanes of at least 4 members (excludes halogenated alkanes) is 1. The highest BCUT2D eigenvalue weighted by Crippen LogP contribution is 2.51. The van der Waals surface area contributed by atoms with Crippen molar-refractivity contribution in [2.75, 3.05) is 20.1 Å². The summed E-state index contributed by atoms with van der Waals surface area (Å²) in [5.74, 6) is -12.7. The summed E-state index contributed by atoms with van der Waals surface area (Å²) in [7, 11) is 0.836. The van der Waals surface area contributed by atoms with Crippen molar-refractivity contribution >= 4 is 11.8 Å². The average molecular weight is 742 g/mol. The van der Waals surface area contributed by atoms with Crippen LogP contribution in [0, 0.1) is 12.7 Å². The van der Waals surface area contributed by atoms with Gasteiger partial charge in [-0.15, -0.1) is 0 Å². The van der Waals surface area contributed by atoms with Crippen molar-refractivity contribution in [3.8, 4) is 0 Å². The van der Waals surface area contributed by atoms with Crippen molar-refractivity contribution in [1.82, 2.24) is 14.7 Å². The molecule has 11 nitrogen and oxygen atoms in total. The molecule has 0 saturated carbocycles. The summed E-state index contributed by atoms with van der Waals surface area (Å²) in [5.41, 5.74) is -4.61. The molecule has 51 heavy (non-hydrogen) atoms. The molecule has 18 heteroatoms. The van der Waals surface area contributed by atoms with E-state index in [0.29, 0.717) is 17.0 Å². The van der Waals surface area contributed by atoms with Crippen LogP contribution >= 0.6 is 0 Å². The molecule has 1 saturated heterocycles. The van der Waals surface area contributed by atoms with Gasteiger partial charge < -0.3 is 40.3 Å². The van der Waals surface area contributed by atoms with E-state index >= 15 is 0 Å². The van der Waals surface area contributed by atoms with Crippen LogP contribution in [0.3, 0.4) is 0 Å². The molecule has 0 spiro atoms. The van der Waals surface area contributed by atoms with Gasteiger partial charge in [-0.2, -0.15) is 26.3 Å². The minimum Gasteiger partial charge on any atom is -0.362 e. The van der Waals surface area contributed by atoms with Gasteiger partial charge in [-0.3, -0.25) is 9.80 Å². The first-order valence-electron chi connectivity index (χ1n) is 15.9. The zero-order valence-electron chi connectivity index (χ0n) is 28.4. The molecule has 286 valence electrons. The first-order chi connectivity index (χ1) is 23.2. The van der Waals surface area contributed by atoms with E-state index in [0.717, 1.165) is 37.1 Å². The van der Waals surface area contributed by atoms with Gasteiger partial charge in [0.05, 0.1) is 17.2 Å². The SMILES string of the molecule is CCCN(CCCCC(C)=O)C1C(O)(O)C(c2ccc(F)cc2C)N(C(=O)N(C)C(C)c2cc(C(F)(F)F)cc(C(F)(F)F)c2)C(O)(O)C1(O)O. The van der Waals surface area contributed by atoms with Gasteiger partial charge >= 0.3 is 24.3 Å². The normalized spacial score (nSPS) is 20.7. The van der Waals surface area contributed by atoms with E-state index in [1.807, 2.05) is 0 Å². The van der Waals surface area contributed by atoms with E-state index in [4.69, 9.17) is 0 Å². The van der Waals surface area contributed by atoms with Crippen LogP contribution in [0.1, 0.15) is 86.4 Å². The smallest absolute Gasteiger partial charge is 0.362 e. The maximum Gasteiger partial charge on any atom is 0.416 e. The van der Waals surface area contributed by atoms with Crippen molar-refractivity contribution < 1.29 is 71.0 Å². The Labute approximate surface area is 289 Å². The zero-order chi connectivity index (χ0) is 39.1. The number of nitrogens with zero attached hydrogens (tertiary/aromatic N) is 3. The number of Topliss-reactive ketones (excluding diaryl/α,β-unsaturated/α-hetero) is 1. The fraction of sp³-hybridized carbons (Fsp3) is 0.576. The Balaban J connectivity index is 2.25. The number of ketones is 1. The maximum atomic E-state index is 14.2. The highest BCUT2D eigenvalue weighted by atomic mass is 19.4. The second-order valence-corrected chi connectivity index (χ2v) is 12.9. The summed E-state index contributed by atoms with van der Waals surface area (Å²) in [4.78, 5) is 27.0. The number of rotatable bonds is 11. The lowest BCUT2D eigenvalue weighted by Gasteiger charge is -2.61. The van der Waals surface area contributed by atoms with Gasteiger partial charge in [-0.05, 0) is 100 Å². The number of piperidine rings is 1. The molecular formula is C33H42F7N3O8. The number of carbonyl (C=O) groups excluding carboxylic acids is 2. The molecule has 1 heterocycles. The molecule has 0 radical (unpaired) electrons. The fourth-order valence-corrected chi connectivity index (χ4v) is 6.38. The molecule has 2 aromatic rings. The van der Waals surface area contributed by atoms with Crippen molar-refractivity contribution in [2.24, 2.45) is 0 Å². The molecule has 0 aliphatic carbocycles. The van der Waals surface area contributed by atoms with Crippen LogP contribution in [-0.4, -0.2) is 101 Å². The van der Waals surface area contributed by atoms with Crippen LogP contribution in [-0.2, 0) is 17.1 Å². The molecule has 3 rings (SSSR count). The summed E-state index contributed by atoms with van der Waals surface area (Å²) < 4.78 is 96.1. The number of carbonyl (C=O) groups is 2. The summed E-state index contributed by atoms with van der Waals surface area (Å²) in [6.07, 6.45) is -9.70. The van der Waals surface area contributed by atoms with E-state index < -0.39 is 76.5 Å². The first-order valence-corrected chi connectivity index (χ1v) is 15.9. The van der Waals surface area contributed by atoms with E-state index in [-0.39, 0.29) is 66.6 Å². The third kappa shape index (κ3) is 8.48. The molecule has 1 fully saturated rings. The summed E-state index contributed by atoms with van der Waals surface area (Å²) in [5, 5.41) is 69.8. The van der Waals surface area contributed by atoms with Crippen molar-refractivity contribution in [3.63, 3.8) is 0 Å². The van der Waals surface area contributed by atoms with Gasteiger partial charge in [-0.25, -0.2) is 9.18 Å². The van der Waals surface area contributed by atoms with E-state index in [1.165, 1.54) is 13.8 Å². The summed E-state index contributed by atoms with van der Waals surface area (Å²) in [6, 6.07) is -5.09. The number of benzene rings is 2. The molecule has 0 aromatic heterocycles. The largest absolute Gasteiger partial charge is 0.416 e. The van der Waals surface area contributed by atoms with Gasteiger partial charge in [-0.1, -0.05) is 13.0 Å². The molecule has 1 aliphatic heterocycles. The minimum absolute atomic E-state index is 0.102. The zero-order valence-corrected chi connectivity index (χ0v) is 28.4. The third-order valence-corrected chi connectivity index (χ3v) is 9.08. The average Bonchev–Trinajstić information content (AvgIpc) is 2.99. The Morgan fingerprint density at radius 2 is 1.45 bits per heavy atom. The Morgan fingerprint density at radius 3 is 1.92 bits per heavy atom. The van der Waals surface area contributed by atoms with Gasteiger partial charge in [0, 0.05) is 13.5 Å². The molecule has 2 aromatic carbocycles. The number of alkyl halides is 6. The van der Waals surface area contributed by atoms with Crippen LogP contribution in [0.5, 0.6) is 0 Å². The Morgan fingerprint density at radius 1 is 0.902 bits per heavy atom. The van der Waals surface area contributed by atoms with E-state index in [1.54, 1.807) is 6.92 Å². The Hall–Kier alpha value is -3.39. The predicted octanol–water partition coefficient (Wildman–Crippen LogP) is 4.18. The monoisotopic (exact) mass is 741 g/mol. The maximum absolute atomic E-state index is 14.2. The number of halogens is 7. The van der Waals surface area contributed by atoms with Crippen molar-refractivity contribution in [2.45, 2.75) is 101 Å². The topological polar surface area (TPSA) is 165 Å². The molecular weight excluding hydrogens is 699 g/mol. The van der Waals surface area contributed by atoms with Gasteiger partial charge in [0.1, 0.15) is 23.7 Å². The Kier molecular flexibility index (Phi) is 12.3. The molecule has 3 unspecified atom stereocenters. The lowest BCUT2D eigenvalue weighted by Crippen LogP contribution is -2.85. The number of aryl methyl sites for hydroxylation is 1. The lowest BCUT2D eigenvalue weighted by molar-refractivity contribution is -0.482. The molecule has 1 aliphatic rings. The third-order valence-electron chi connectivity index (χ3n) is 9.08. The number of hydrogen-bond acceptors (Lipinski definition) is 9. The first kappa shape index (κ1) is 42.0. The number of amides is 2. The van der Waals surface area contributed by atoms with Crippen LogP contribution < -0.4 is 0 Å². The van der Waals surface area contributed by atoms with Crippen LogP contribution in [0.2, 0.25) is 0 Å². The lowest BCUT2D eigenvalue weighted by atomic mass is 9.77. The molecule has 2 amide bonds. The standard InChI is InChI=1S/C33H42F7N3O8/c1-6-12-42(13-8-7-9-19(3)44)27-29(46,47)26(25-11-10-24(34)14-18(25)2)43(33(50,51)30(27,48)49)28(45)41(5)20(4)21-15-22(31(35,36)37)17-23(16-21)32(38,39)40/h10-11,14-17,20,26-27,46-51H,6-9,12-13H2,1-5H3. The number of urea groups is 1. The van der Waals surface area contributed by atoms with Gasteiger partial charge in [0.2, 0.25) is 5.79 Å². The fourth-order valence-electron chi connectivity index (χ4n) is 6.38. The Bertz CT molecular complexity index is 1550. The highest BCUT2D eigenvalue weighted by molar-refractivity contribution is 5.77. The second kappa shape index (κ2) is 14.9. The van der Waals surface area contributed by atoms with Gasteiger partial charge in [0.15, 0.2) is 0 Å². The van der Waals surface area contributed by atoms with Crippen LogP contribution in [0.25, 0.3) is 0 Å². The van der Waals surface area contributed by atoms with E-state index in [2.05, 4.69) is 0 Å². The summed E-state index contributed by atoms with van der Waals surface area (Å²) >= 11 is 0. The van der Waals surface area contributed by atoms with Crippen molar-refractivity contribution in [1.29, 1.82) is 0 Å². The summed E-state index contributed by atoms with van der Waals surface area (Å²) in [6.45, 7) is 4.94. The van der Waals surface area contributed by atoms with Crippen LogP contribution in [0.4, 0.5) is 35.5 Å². The molecule has 3 atom stereocenters.